The molecule has 0 aromatic heterocycles. The Labute approximate surface area is 117 Å². The second-order valence-corrected chi connectivity index (χ2v) is 5.69. The summed E-state index contributed by atoms with van der Waals surface area (Å²) < 4.78 is 25.2. The SMILES string of the molecule is C.CC1CCC(C)CC1.Cc1ccc(C)c(F)c1F. The second kappa shape index (κ2) is 8.29. The molecule has 0 bridgehead atoms. The normalized spacial score (nSPS) is 22.0. The van der Waals surface area contributed by atoms with E-state index < -0.39 is 11.6 Å². The average molecular weight is 270 g/mol. The van der Waals surface area contributed by atoms with Crippen LogP contribution in [0.1, 0.15) is 58.1 Å². The van der Waals surface area contributed by atoms with E-state index in [9.17, 15) is 8.78 Å². The van der Waals surface area contributed by atoms with Crippen molar-refractivity contribution in [2.45, 2.75) is 60.8 Å². The molecule has 2 rings (SSSR count). The summed E-state index contributed by atoms with van der Waals surface area (Å²) in [7, 11) is 0. The summed E-state index contributed by atoms with van der Waals surface area (Å²) in [5.41, 5.74) is 0.700. The van der Waals surface area contributed by atoms with Crippen LogP contribution in [0.2, 0.25) is 0 Å². The predicted molar refractivity (Wildman–Crippen MR) is 79.4 cm³/mol. The van der Waals surface area contributed by atoms with Crippen molar-refractivity contribution in [2.24, 2.45) is 11.8 Å². The van der Waals surface area contributed by atoms with Crippen LogP contribution in [-0.2, 0) is 0 Å². The highest BCUT2D eigenvalue weighted by Crippen LogP contribution is 2.27. The van der Waals surface area contributed by atoms with Gasteiger partial charge in [0.1, 0.15) is 0 Å². The summed E-state index contributed by atoms with van der Waals surface area (Å²) in [6.45, 7) is 7.81. The lowest BCUT2D eigenvalue weighted by atomic mass is 9.84. The van der Waals surface area contributed by atoms with Crippen LogP contribution in [0.5, 0.6) is 0 Å². The van der Waals surface area contributed by atoms with Crippen LogP contribution in [-0.4, -0.2) is 0 Å². The maximum Gasteiger partial charge on any atom is 0.161 e. The van der Waals surface area contributed by atoms with Gasteiger partial charge in [0.25, 0.3) is 0 Å². The number of aryl methyl sites for hydroxylation is 2. The van der Waals surface area contributed by atoms with Crippen LogP contribution < -0.4 is 0 Å². The molecule has 0 nitrogen and oxygen atoms in total. The number of rotatable bonds is 0. The van der Waals surface area contributed by atoms with Gasteiger partial charge in [0.15, 0.2) is 11.6 Å². The minimum atomic E-state index is -0.736. The zero-order valence-electron chi connectivity index (χ0n) is 11.9. The Morgan fingerprint density at radius 3 is 1.32 bits per heavy atom. The largest absolute Gasteiger partial charge is 0.203 e. The van der Waals surface area contributed by atoms with E-state index in [4.69, 9.17) is 0 Å². The number of benzene rings is 1. The average Bonchev–Trinajstić information content (AvgIpc) is 2.36. The Hall–Kier alpha value is -0.920. The molecular weight excluding hydrogens is 242 g/mol. The van der Waals surface area contributed by atoms with Crippen molar-refractivity contribution in [1.29, 1.82) is 0 Å². The summed E-state index contributed by atoms with van der Waals surface area (Å²) in [5, 5.41) is 0. The highest BCUT2D eigenvalue weighted by molar-refractivity contribution is 5.23. The first-order valence-corrected chi connectivity index (χ1v) is 6.83. The topological polar surface area (TPSA) is 0 Å². The zero-order valence-corrected chi connectivity index (χ0v) is 11.9. The third-order valence-corrected chi connectivity index (χ3v) is 3.77. The van der Waals surface area contributed by atoms with Gasteiger partial charge in [-0.25, -0.2) is 8.78 Å². The van der Waals surface area contributed by atoms with Crippen LogP contribution in [0.15, 0.2) is 12.1 Å². The molecule has 0 spiro atoms. The van der Waals surface area contributed by atoms with Crippen molar-refractivity contribution in [2.75, 3.05) is 0 Å². The number of halogens is 2. The van der Waals surface area contributed by atoms with Gasteiger partial charge in [0.05, 0.1) is 0 Å². The molecule has 1 aromatic carbocycles. The van der Waals surface area contributed by atoms with Gasteiger partial charge in [-0.3, -0.25) is 0 Å². The summed E-state index contributed by atoms with van der Waals surface area (Å²) in [5.74, 6) is 0.567. The van der Waals surface area contributed by atoms with Gasteiger partial charge >= 0.3 is 0 Å². The molecule has 2 heteroatoms. The highest BCUT2D eigenvalue weighted by Gasteiger charge is 2.13. The Morgan fingerprint density at radius 2 is 1.05 bits per heavy atom. The van der Waals surface area contributed by atoms with Crippen LogP contribution in [0.25, 0.3) is 0 Å². The lowest BCUT2D eigenvalue weighted by molar-refractivity contribution is 0.308. The fourth-order valence-corrected chi connectivity index (χ4v) is 2.17. The molecule has 0 atom stereocenters. The molecule has 1 fully saturated rings. The van der Waals surface area contributed by atoms with Crippen molar-refractivity contribution >= 4 is 0 Å². The molecule has 0 heterocycles. The zero-order chi connectivity index (χ0) is 13.7. The third kappa shape index (κ3) is 5.71. The van der Waals surface area contributed by atoms with E-state index in [1.54, 1.807) is 12.1 Å². The van der Waals surface area contributed by atoms with Crippen LogP contribution in [0.3, 0.4) is 0 Å². The van der Waals surface area contributed by atoms with Crippen molar-refractivity contribution in [3.8, 4) is 0 Å². The molecule has 19 heavy (non-hydrogen) atoms. The molecule has 0 aliphatic heterocycles. The molecular formula is C17H28F2. The van der Waals surface area contributed by atoms with Gasteiger partial charge in [0, 0.05) is 0 Å². The minimum Gasteiger partial charge on any atom is -0.203 e. The Bertz CT molecular complexity index is 340. The van der Waals surface area contributed by atoms with Gasteiger partial charge in [-0.2, -0.15) is 0 Å². The molecule has 0 amide bonds. The molecule has 1 aliphatic carbocycles. The summed E-state index contributed by atoms with van der Waals surface area (Å²) in [6, 6.07) is 3.13. The van der Waals surface area contributed by atoms with Crippen LogP contribution >= 0.6 is 0 Å². The molecule has 110 valence electrons. The molecule has 0 saturated heterocycles. The second-order valence-electron chi connectivity index (χ2n) is 5.69. The van der Waals surface area contributed by atoms with Crippen molar-refractivity contribution in [3.63, 3.8) is 0 Å². The van der Waals surface area contributed by atoms with Gasteiger partial charge in [0.2, 0.25) is 0 Å². The quantitative estimate of drug-likeness (QED) is 0.538. The Balaban J connectivity index is 0.000000331. The van der Waals surface area contributed by atoms with Crippen LogP contribution in [0.4, 0.5) is 8.78 Å². The molecule has 1 aliphatic rings. The maximum absolute atomic E-state index is 12.6. The number of hydrogen-bond donors (Lipinski definition) is 0. The summed E-state index contributed by atoms with van der Waals surface area (Å²) >= 11 is 0. The summed E-state index contributed by atoms with van der Waals surface area (Å²) in [6.07, 6.45) is 5.89. The van der Waals surface area contributed by atoms with Gasteiger partial charge in [-0.15, -0.1) is 0 Å². The third-order valence-electron chi connectivity index (χ3n) is 3.77. The minimum absolute atomic E-state index is 0. The van der Waals surface area contributed by atoms with Gasteiger partial charge < -0.3 is 0 Å². The van der Waals surface area contributed by atoms with Crippen molar-refractivity contribution in [3.05, 3.63) is 34.9 Å². The first kappa shape index (κ1) is 18.1. The first-order chi connectivity index (χ1) is 8.41. The lowest BCUT2D eigenvalue weighted by Gasteiger charge is -2.22. The van der Waals surface area contributed by atoms with Crippen LogP contribution in [0, 0.1) is 37.3 Å². The van der Waals surface area contributed by atoms with Gasteiger partial charge in [-0.1, -0.05) is 59.1 Å². The van der Waals surface area contributed by atoms with Crippen molar-refractivity contribution in [1.82, 2.24) is 0 Å². The molecule has 0 N–H and O–H groups in total. The smallest absolute Gasteiger partial charge is 0.161 e. The highest BCUT2D eigenvalue weighted by atomic mass is 19.2. The van der Waals surface area contributed by atoms with E-state index in [2.05, 4.69) is 13.8 Å². The fourth-order valence-electron chi connectivity index (χ4n) is 2.17. The van der Waals surface area contributed by atoms with E-state index in [0.29, 0.717) is 11.1 Å². The Morgan fingerprint density at radius 1 is 0.789 bits per heavy atom. The first-order valence-electron chi connectivity index (χ1n) is 6.83. The predicted octanol–water partition coefficient (Wildman–Crippen LogP) is 6.05. The van der Waals surface area contributed by atoms with E-state index in [1.807, 2.05) is 0 Å². The lowest BCUT2D eigenvalue weighted by Crippen LogP contribution is -2.08. The van der Waals surface area contributed by atoms with E-state index in [1.165, 1.54) is 39.5 Å². The standard InChI is InChI=1S/C8H8F2.C8H16.CH4/c1-5-3-4-6(2)8(10)7(5)9;1-7-3-5-8(2)6-4-7;/h3-4H,1-2H3;7-8H,3-6H2,1-2H3;1H4. The summed E-state index contributed by atoms with van der Waals surface area (Å²) in [4.78, 5) is 0. The molecule has 1 saturated carbocycles. The molecule has 0 radical (unpaired) electrons. The van der Waals surface area contributed by atoms with E-state index >= 15 is 0 Å². The monoisotopic (exact) mass is 270 g/mol. The van der Waals surface area contributed by atoms with Gasteiger partial charge in [-0.05, 0) is 36.8 Å². The number of hydrogen-bond acceptors (Lipinski definition) is 0. The Kier molecular flexibility index (Phi) is 7.89. The van der Waals surface area contributed by atoms with E-state index in [0.717, 1.165) is 11.8 Å². The fraction of sp³-hybridized carbons (Fsp3) is 0.647. The van der Waals surface area contributed by atoms with Crippen molar-refractivity contribution < 1.29 is 8.78 Å². The maximum atomic E-state index is 12.6. The van der Waals surface area contributed by atoms with E-state index in [-0.39, 0.29) is 7.43 Å². The molecule has 0 unspecified atom stereocenters. The molecule has 1 aromatic rings.